The predicted molar refractivity (Wildman–Crippen MR) is 163 cm³/mol. The van der Waals surface area contributed by atoms with E-state index in [0.29, 0.717) is 36.9 Å². The molecule has 2 aromatic carbocycles. The number of aliphatic hydroxyl groups is 2. The lowest BCUT2D eigenvalue weighted by Crippen LogP contribution is -2.32. The minimum Gasteiger partial charge on any atom is -0.494 e. The number of anilines is 4. The van der Waals surface area contributed by atoms with Crippen molar-refractivity contribution in [2.75, 3.05) is 50.6 Å². The van der Waals surface area contributed by atoms with Gasteiger partial charge in [0.25, 0.3) is 0 Å². The molecule has 226 valence electrons. The highest BCUT2D eigenvalue weighted by atomic mass is 35.5. The van der Waals surface area contributed by atoms with E-state index >= 15 is 0 Å². The third kappa shape index (κ3) is 6.64. The van der Waals surface area contributed by atoms with Crippen molar-refractivity contribution in [3.05, 3.63) is 58.7 Å². The molecule has 0 spiro atoms. The second-order valence-corrected chi connectivity index (χ2v) is 12.9. The van der Waals surface area contributed by atoms with E-state index < -0.39 is 10.0 Å². The van der Waals surface area contributed by atoms with Gasteiger partial charge in [-0.3, -0.25) is 0 Å². The Bertz CT molecular complexity index is 1510. The van der Waals surface area contributed by atoms with Crippen molar-refractivity contribution in [3.8, 4) is 5.75 Å². The maximum absolute atomic E-state index is 13.5. The molecule has 1 aromatic heterocycles. The number of benzene rings is 2. The highest BCUT2D eigenvalue weighted by Gasteiger charge is 2.33. The molecule has 42 heavy (non-hydrogen) atoms. The summed E-state index contributed by atoms with van der Waals surface area (Å²) in [6, 6.07) is 10.9. The van der Waals surface area contributed by atoms with Crippen molar-refractivity contribution in [2.24, 2.45) is 5.92 Å². The highest BCUT2D eigenvalue weighted by Crippen LogP contribution is 2.37. The molecule has 0 amide bonds. The molecule has 2 atom stereocenters. The van der Waals surface area contributed by atoms with Gasteiger partial charge in [0.15, 0.2) is 5.82 Å². The normalized spacial score (nSPS) is 19.2. The standard InChI is InChI=1S/C29H37ClN6O5S/c1-41-27-22-6-4-5-21(31-12-14-37)15-20(22)9-10-25(27)34-29-32-16-23(30)28(35-29)33-24-7-2-3-8-26(24)42(39,40)36-13-11-19(17-36)18-38/h2-3,7-10,16,19,21,31,37-38H,4-6,11-15,17-18H2,1H3,(H2,32,33,34,35). The maximum atomic E-state index is 13.5. The van der Waals surface area contributed by atoms with Gasteiger partial charge in [0, 0.05) is 32.3 Å². The fourth-order valence-electron chi connectivity index (χ4n) is 5.66. The quantitative estimate of drug-likeness (QED) is 0.203. The smallest absolute Gasteiger partial charge is 0.245 e. The van der Waals surface area contributed by atoms with Crippen LogP contribution < -0.4 is 20.7 Å². The maximum Gasteiger partial charge on any atom is 0.245 e. The van der Waals surface area contributed by atoms with Crippen LogP contribution in [0.2, 0.25) is 5.02 Å². The van der Waals surface area contributed by atoms with Crippen molar-refractivity contribution in [2.45, 2.75) is 43.0 Å². The second kappa shape index (κ2) is 13.5. The molecule has 5 rings (SSSR count). The van der Waals surface area contributed by atoms with Gasteiger partial charge in [0.2, 0.25) is 16.0 Å². The highest BCUT2D eigenvalue weighted by molar-refractivity contribution is 7.89. The minimum absolute atomic E-state index is 0.0460. The van der Waals surface area contributed by atoms with Gasteiger partial charge in [0.05, 0.1) is 31.3 Å². The van der Waals surface area contributed by atoms with Crippen molar-refractivity contribution in [3.63, 3.8) is 0 Å². The summed E-state index contributed by atoms with van der Waals surface area (Å²) in [5, 5.41) is 28.7. The van der Waals surface area contributed by atoms with E-state index in [4.69, 9.17) is 16.3 Å². The first-order valence-corrected chi connectivity index (χ1v) is 16.0. The van der Waals surface area contributed by atoms with Crippen LogP contribution >= 0.6 is 11.6 Å². The Kier molecular flexibility index (Phi) is 9.81. The molecule has 1 saturated heterocycles. The Morgan fingerprint density at radius 2 is 1.95 bits per heavy atom. The van der Waals surface area contributed by atoms with E-state index in [0.717, 1.165) is 37.0 Å². The number of sulfonamides is 1. The predicted octanol–water partition coefficient (Wildman–Crippen LogP) is 3.46. The molecule has 13 heteroatoms. The number of ether oxygens (including phenoxy) is 1. The van der Waals surface area contributed by atoms with Crippen molar-refractivity contribution < 1.29 is 23.4 Å². The molecular formula is C29H37ClN6O5S. The number of nitrogens with zero attached hydrogens (tertiary/aromatic N) is 3. The molecular weight excluding hydrogens is 580 g/mol. The minimum atomic E-state index is -3.81. The molecule has 0 radical (unpaired) electrons. The molecule has 1 aliphatic heterocycles. The molecule has 11 nitrogen and oxygen atoms in total. The van der Waals surface area contributed by atoms with Gasteiger partial charge in [-0.15, -0.1) is 0 Å². The number of rotatable bonds is 11. The van der Waals surface area contributed by atoms with E-state index in [2.05, 4.69) is 32.0 Å². The van der Waals surface area contributed by atoms with E-state index in [-0.39, 0.29) is 47.4 Å². The number of aromatic nitrogens is 2. The third-order valence-electron chi connectivity index (χ3n) is 7.81. The SMILES string of the molecule is COc1c(Nc2ncc(Cl)c(Nc3ccccc3S(=O)(=O)N3CCC(CO)C3)n2)ccc2c1CCCC(NCCO)C2. The molecule has 1 fully saturated rings. The van der Waals surface area contributed by atoms with E-state index in [1.807, 2.05) is 6.07 Å². The van der Waals surface area contributed by atoms with Gasteiger partial charge in [0.1, 0.15) is 15.7 Å². The summed E-state index contributed by atoms with van der Waals surface area (Å²) in [4.78, 5) is 9.01. The summed E-state index contributed by atoms with van der Waals surface area (Å²) in [5.74, 6) is 1.17. The summed E-state index contributed by atoms with van der Waals surface area (Å²) in [7, 11) is -2.17. The van der Waals surface area contributed by atoms with Gasteiger partial charge in [-0.25, -0.2) is 13.4 Å². The van der Waals surface area contributed by atoms with Crippen LogP contribution in [0.25, 0.3) is 0 Å². The Morgan fingerprint density at radius 3 is 2.71 bits per heavy atom. The summed E-state index contributed by atoms with van der Waals surface area (Å²) in [5.41, 5.74) is 3.38. The third-order valence-corrected chi connectivity index (χ3v) is 10.0. The first kappa shape index (κ1) is 30.5. The van der Waals surface area contributed by atoms with Crippen LogP contribution in [0.5, 0.6) is 5.75 Å². The van der Waals surface area contributed by atoms with Gasteiger partial charge in [-0.2, -0.15) is 9.29 Å². The van der Waals surface area contributed by atoms with Crippen LogP contribution in [0, 0.1) is 5.92 Å². The van der Waals surface area contributed by atoms with Crippen LogP contribution in [0.4, 0.5) is 23.1 Å². The Hall–Kier alpha value is -3.00. The first-order chi connectivity index (χ1) is 20.3. The summed E-state index contributed by atoms with van der Waals surface area (Å²) in [6.07, 6.45) is 5.77. The number of nitrogens with one attached hydrogen (secondary N) is 3. The van der Waals surface area contributed by atoms with Crippen LogP contribution in [0.15, 0.2) is 47.5 Å². The van der Waals surface area contributed by atoms with Crippen molar-refractivity contribution in [1.82, 2.24) is 19.6 Å². The zero-order valence-corrected chi connectivity index (χ0v) is 25.1. The number of fused-ring (bicyclic) bond motifs is 1. The average molecular weight is 617 g/mol. The van der Waals surface area contributed by atoms with Gasteiger partial charge >= 0.3 is 0 Å². The van der Waals surface area contributed by atoms with Gasteiger partial charge in [-0.05, 0) is 67.3 Å². The summed E-state index contributed by atoms with van der Waals surface area (Å²) < 4.78 is 34.2. The fraction of sp³-hybridized carbons (Fsp3) is 0.448. The van der Waals surface area contributed by atoms with Crippen molar-refractivity contribution >= 4 is 44.8 Å². The number of methoxy groups -OCH3 is 1. The molecule has 5 N–H and O–H groups in total. The van der Waals surface area contributed by atoms with Crippen molar-refractivity contribution in [1.29, 1.82) is 0 Å². The van der Waals surface area contributed by atoms with E-state index in [1.54, 1.807) is 31.4 Å². The first-order valence-electron chi connectivity index (χ1n) is 14.1. The van der Waals surface area contributed by atoms with Gasteiger partial charge in [-0.1, -0.05) is 29.8 Å². The van der Waals surface area contributed by atoms with Crippen LogP contribution in [-0.2, 0) is 22.9 Å². The number of halogens is 1. The Balaban J connectivity index is 1.39. The zero-order valence-electron chi connectivity index (χ0n) is 23.5. The van der Waals surface area contributed by atoms with E-state index in [1.165, 1.54) is 16.1 Å². The summed E-state index contributed by atoms with van der Waals surface area (Å²) in [6.45, 7) is 1.26. The number of para-hydroxylation sites is 1. The van der Waals surface area contributed by atoms with Gasteiger partial charge < -0.3 is 30.9 Å². The fourth-order valence-corrected chi connectivity index (χ4v) is 7.48. The Labute approximate surface area is 251 Å². The lowest BCUT2D eigenvalue weighted by atomic mass is 9.99. The number of aliphatic hydroxyl groups excluding tert-OH is 2. The van der Waals surface area contributed by atoms with E-state index in [9.17, 15) is 18.6 Å². The molecule has 2 aliphatic rings. The van der Waals surface area contributed by atoms with Crippen LogP contribution in [0.3, 0.4) is 0 Å². The van der Waals surface area contributed by atoms with Crippen LogP contribution in [0.1, 0.15) is 30.4 Å². The average Bonchev–Trinajstić information content (AvgIpc) is 3.40. The number of hydrogen-bond acceptors (Lipinski definition) is 10. The largest absolute Gasteiger partial charge is 0.494 e. The molecule has 0 saturated carbocycles. The molecule has 1 aliphatic carbocycles. The molecule has 3 aromatic rings. The Morgan fingerprint density at radius 1 is 1.12 bits per heavy atom. The monoisotopic (exact) mass is 616 g/mol. The lowest BCUT2D eigenvalue weighted by molar-refractivity contribution is 0.233. The van der Waals surface area contributed by atoms with Crippen LogP contribution in [-0.4, -0.2) is 78.9 Å². The zero-order chi connectivity index (χ0) is 29.7. The lowest BCUT2D eigenvalue weighted by Gasteiger charge is -2.20. The summed E-state index contributed by atoms with van der Waals surface area (Å²) >= 11 is 6.45. The second-order valence-electron chi connectivity index (χ2n) is 10.6. The molecule has 2 unspecified atom stereocenters. The molecule has 2 heterocycles. The number of hydrogen-bond donors (Lipinski definition) is 5. The molecule has 0 bridgehead atoms. The topological polar surface area (TPSA) is 149 Å².